The van der Waals surface area contributed by atoms with E-state index in [4.69, 9.17) is 14.3 Å². The van der Waals surface area contributed by atoms with Gasteiger partial charge in [0.1, 0.15) is 0 Å². The number of hydrogen-bond acceptors (Lipinski definition) is 5. The predicted octanol–water partition coefficient (Wildman–Crippen LogP) is 3.02. The SMILES string of the molecule is Cc1cccc(CN2C(=O)CC[C@@H]3[C@H]2CCN3C(=O)c2ccco2)n1.O=C(O)C(F)(F)F. The van der Waals surface area contributed by atoms with Gasteiger partial charge in [0.25, 0.3) is 5.91 Å². The van der Waals surface area contributed by atoms with E-state index < -0.39 is 12.1 Å². The predicted molar refractivity (Wildman–Crippen MR) is 104 cm³/mol. The number of aryl methyl sites for hydroxylation is 1. The van der Waals surface area contributed by atoms with Gasteiger partial charge in [-0.15, -0.1) is 0 Å². The number of furan rings is 1. The van der Waals surface area contributed by atoms with E-state index in [1.165, 1.54) is 6.26 Å². The highest BCUT2D eigenvalue weighted by molar-refractivity contribution is 5.92. The molecule has 2 saturated heterocycles. The zero-order valence-corrected chi connectivity index (χ0v) is 17.2. The van der Waals surface area contributed by atoms with Crippen molar-refractivity contribution in [2.75, 3.05) is 6.54 Å². The normalized spacial score (nSPS) is 20.4. The topological polar surface area (TPSA) is 104 Å². The van der Waals surface area contributed by atoms with Crippen LogP contribution in [0.2, 0.25) is 0 Å². The molecule has 0 aromatic carbocycles. The molecule has 0 spiro atoms. The van der Waals surface area contributed by atoms with E-state index in [-0.39, 0.29) is 23.9 Å². The number of pyridine rings is 1. The second kappa shape index (κ2) is 9.41. The lowest BCUT2D eigenvalue weighted by molar-refractivity contribution is -0.192. The summed E-state index contributed by atoms with van der Waals surface area (Å²) in [7, 11) is 0. The van der Waals surface area contributed by atoms with Crippen LogP contribution in [0.4, 0.5) is 13.2 Å². The smallest absolute Gasteiger partial charge is 0.475 e. The molecule has 172 valence electrons. The first-order valence-electron chi connectivity index (χ1n) is 9.94. The number of aromatic nitrogens is 1. The average molecular weight is 453 g/mol. The van der Waals surface area contributed by atoms with Crippen LogP contribution >= 0.6 is 0 Å². The molecule has 1 N–H and O–H groups in total. The van der Waals surface area contributed by atoms with E-state index in [9.17, 15) is 22.8 Å². The maximum atomic E-state index is 12.7. The van der Waals surface area contributed by atoms with E-state index in [0.717, 1.165) is 17.8 Å². The fourth-order valence-electron chi connectivity index (χ4n) is 4.01. The molecule has 2 aromatic heterocycles. The van der Waals surface area contributed by atoms with Gasteiger partial charge in [0.15, 0.2) is 5.76 Å². The van der Waals surface area contributed by atoms with Crippen LogP contribution in [0.25, 0.3) is 0 Å². The van der Waals surface area contributed by atoms with Gasteiger partial charge in [0.05, 0.1) is 30.6 Å². The molecule has 2 aromatic rings. The summed E-state index contributed by atoms with van der Waals surface area (Å²) >= 11 is 0. The van der Waals surface area contributed by atoms with Crippen LogP contribution in [0.3, 0.4) is 0 Å². The minimum absolute atomic E-state index is 0.0557. The van der Waals surface area contributed by atoms with Gasteiger partial charge in [0, 0.05) is 18.7 Å². The lowest BCUT2D eigenvalue weighted by Gasteiger charge is -2.39. The summed E-state index contributed by atoms with van der Waals surface area (Å²) in [4.78, 5) is 42.4. The second-order valence-electron chi connectivity index (χ2n) is 7.53. The molecule has 0 bridgehead atoms. The minimum Gasteiger partial charge on any atom is -0.475 e. The molecule has 2 fully saturated rings. The molecule has 11 heteroatoms. The molecule has 0 unspecified atom stereocenters. The van der Waals surface area contributed by atoms with Crippen LogP contribution in [0.15, 0.2) is 41.0 Å². The number of rotatable bonds is 3. The lowest BCUT2D eigenvalue weighted by Crippen LogP contribution is -2.52. The number of carboxylic acids is 1. The zero-order valence-electron chi connectivity index (χ0n) is 17.2. The first-order chi connectivity index (χ1) is 15.1. The van der Waals surface area contributed by atoms with Crippen molar-refractivity contribution < 1.29 is 37.1 Å². The first-order valence-corrected chi connectivity index (χ1v) is 9.94. The number of alkyl halides is 3. The summed E-state index contributed by atoms with van der Waals surface area (Å²) in [5.74, 6) is -2.32. The molecule has 0 saturated carbocycles. The fraction of sp³-hybridized carbons (Fsp3) is 0.429. The summed E-state index contributed by atoms with van der Waals surface area (Å²) in [6.45, 7) is 3.11. The van der Waals surface area contributed by atoms with E-state index >= 15 is 0 Å². The maximum Gasteiger partial charge on any atom is 0.490 e. The van der Waals surface area contributed by atoms with Crippen molar-refractivity contribution in [2.45, 2.75) is 51.0 Å². The van der Waals surface area contributed by atoms with Gasteiger partial charge in [0.2, 0.25) is 5.91 Å². The van der Waals surface area contributed by atoms with Gasteiger partial charge in [-0.3, -0.25) is 14.6 Å². The average Bonchev–Trinajstić information content (AvgIpc) is 3.39. The second-order valence-corrected chi connectivity index (χ2v) is 7.53. The molecule has 2 aliphatic heterocycles. The van der Waals surface area contributed by atoms with Crippen molar-refractivity contribution in [3.8, 4) is 0 Å². The Bertz CT molecular complexity index is 977. The highest BCUT2D eigenvalue weighted by Gasteiger charge is 2.45. The van der Waals surface area contributed by atoms with Crippen molar-refractivity contribution in [3.63, 3.8) is 0 Å². The van der Waals surface area contributed by atoms with Crippen molar-refractivity contribution in [1.29, 1.82) is 0 Å². The summed E-state index contributed by atoms with van der Waals surface area (Å²) in [5, 5.41) is 7.12. The third kappa shape index (κ3) is 5.27. The van der Waals surface area contributed by atoms with Gasteiger partial charge >= 0.3 is 12.1 Å². The van der Waals surface area contributed by atoms with Crippen LogP contribution in [0.5, 0.6) is 0 Å². The van der Waals surface area contributed by atoms with Gasteiger partial charge in [-0.25, -0.2) is 4.79 Å². The Morgan fingerprint density at radius 2 is 1.91 bits per heavy atom. The number of carbonyl (C=O) groups excluding carboxylic acids is 2. The van der Waals surface area contributed by atoms with Crippen molar-refractivity contribution >= 4 is 17.8 Å². The Morgan fingerprint density at radius 1 is 1.19 bits per heavy atom. The number of halogens is 3. The van der Waals surface area contributed by atoms with Crippen LogP contribution in [0, 0.1) is 6.92 Å². The van der Waals surface area contributed by atoms with Gasteiger partial charge in [-0.05, 0) is 44.0 Å². The number of amides is 2. The highest BCUT2D eigenvalue weighted by atomic mass is 19.4. The van der Waals surface area contributed by atoms with E-state index in [1.807, 2.05) is 34.9 Å². The number of fused-ring (bicyclic) bond motifs is 1. The summed E-state index contributed by atoms with van der Waals surface area (Å²) in [5.41, 5.74) is 1.84. The van der Waals surface area contributed by atoms with Crippen LogP contribution in [-0.2, 0) is 16.1 Å². The molecule has 0 aliphatic carbocycles. The number of nitrogens with zero attached hydrogens (tertiary/aromatic N) is 3. The molecule has 2 aliphatic rings. The number of carboxylic acid groups (broad SMARTS) is 1. The standard InChI is InChI=1S/C19H21N3O3.C2HF3O2/c1-13-4-2-5-14(20-13)12-22-16-9-10-21(15(16)7-8-18(22)23)19(24)17-6-3-11-25-17;3-2(4,5)1(6)7/h2-6,11,15-16H,7-10,12H2,1H3;(H,6,7)/t15-,16-;/m1./s1. The van der Waals surface area contributed by atoms with E-state index in [2.05, 4.69) is 4.98 Å². The number of hydrogen-bond donors (Lipinski definition) is 1. The van der Waals surface area contributed by atoms with Gasteiger partial charge < -0.3 is 19.3 Å². The molecule has 4 heterocycles. The first kappa shape index (κ1) is 23.3. The van der Waals surface area contributed by atoms with Crippen LogP contribution in [-0.4, -0.2) is 62.5 Å². The van der Waals surface area contributed by atoms with Gasteiger partial charge in [-0.2, -0.15) is 13.2 Å². The molecule has 4 rings (SSSR count). The Kier molecular flexibility index (Phi) is 6.85. The Morgan fingerprint density at radius 3 is 2.50 bits per heavy atom. The molecule has 8 nitrogen and oxygen atoms in total. The third-order valence-electron chi connectivity index (χ3n) is 5.40. The highest BCUT2D eigenvalue weighted by Crippen LogP contribution is 2.33. The van der Waals surface area contributed by atoms with E-state index in [1.54, 1.807) is 12.1 Å². The molecule has 2 amide bonds. The van der Waals surface area contributed by atoms with E-state index in [0.29, 0.717) is 31.7 Å². The largest absolute Gasteiger partial charge is 0.490 e. The Balaban J connectivity index is 0.000000360. The summed E-state index contributed by atoms with van der Waals surface area (Å²) in [6.07, 6.45) is -1.59. The molecular formula is C21H22F3N3O5. The summed E-state index contributed by atoms with van der Waals surface area (Å²) < 4.78 is 37.0. The number of carbonyl (C=O) groups is 3. The molecule has 2 atom stereocenters. The molecule has 32 heavy (non-hydrogen) atoms. The lowest BCUT2D eigenvalue weighted by atomic mass is 9.96. The van der Waals surface area contributed by atoms with Crippen molar-refractivity contribution in [1.82, 2.24) is 14.8 Å². The Labute approximate surface area is 181 Å². The van der Waals surface area contributed by atoms with Gasteiger partial charge in [-0.1, -0.05) is 6.07 Å². The third-order valence-corrected chi connectivity index (χ3v) is 5.40. The maximum absolute atomic E-state index is 12.7. The quantitative estimate of drug-likeness (QED) is 0.766. The zero-order chi connectivity index (χ0) is 23.5. The fourth-order valence-corrected chi connectivity index (χ4v) is 4.01. The van der Waals surface area contributed by atoms with Crippen molar-refractivity contribution in [2.24, 2.45) is 0 Å². The minimum atomic E-state index is -5.08. The Hall–Kier alpha value is -3.37. The number of piperidine rings is 1. The molecule has 0 radical (unpaired) electrons. The number of likely N-dealkylation sites (tertiary alicyclic amines) is 2. The monoisotopic (exact) mass is 453 g/mol. The van der Waals surface area contributed by atoms with Crippen LogP contribution in [0.1, 0.15) is 41.2 Å². The van der Waals surface area contributed by atoms with Crippen molar-refractivity contribution in [3.05, 3.63) is 53.7 Å². The van der Waals surface area contributed by atoms with Crippen LogP contribution < -0.4 is 0 Å². The summed E-state index contributed by atoms with van der Waals surface area (Å²) in [6, 6.07) is 9.39. The molecular weight excluding hydrogens is 431 g/mol. The number of aliphatic carboxylic acids is 1.